The average Bonchev–Trinajstić information content (AvgIpc) is 3.58. The fourth-order valence-electron chi connectivity index (χ4n) is 5.85. The molecule has 11 heteroatoms. The Bertz CT molecular complexity index is 1350. The monoisotopic (exact) mass is 487 g/mol. The van der Waals surface area contributed by atoms with Gasteiger partial charge in [-0.3, -0.25) is 9.69 Å². The molecule has 0 saturated carbocycles. The minimum Gasteiger partial charge on any atom is -0.339 e. The van der Waals surface area contributed by atoms with Crippen LogP contribution in [0, 0.1) is 24.1 Å². The number of aryl methyl sites for hydroxylation is 1. The topological polar surface area (TPSA) is 116 Å². The van der Waals surface area contributed by atoms with Gasteiger partial charge < -0.3 is 10.2 Å². The van der Waals surface area contributed by atoms with Gasteiger partial charge in [-0.2, -0.15) is 9.94 Å². The predicted octanol–water partition coefficient (Wildman–Crippen LogP) is 1.26. The van der Waals surface area contributed by atoms with Crippen molar-refractivity contribution in [2.45, 2.75) is 37.8 Å². The van der Waals surface area contributed by atoms with Crippen LogP contribution in [0.4, 0.5) is 4.39 Å². The molecule has 6 rings (SSSR count). The Balaban J connectivity index is 1.12. The molecule has 2 aromatic heterocycles. The van der Waals surface area contributed by atoms with E-state index in [-0.39, 0.29) is 29.5 Å². The lowest BCUT2D eigenvalue weighted by molar-refractivity contribution is -0.136. The molecule has 36 heavy (non-hydrogen) atoms. The Morgan fingerprint density at radius 3 is 2.86 bits per heavy atom. The van der Waals surface area contributed by atoms with Crippen LogP contribution in [0.2, 0.25) is 0 Å². The van der Waals surface area contributed by atoms with E-state index in [9.17, 15) is 14.4 Å². The van der Waals surface area contributed by atoms with E-state index < -0.39 is 5.82 Å². The molecule has 1 N–H and O–H groups in total. The largest absolute Gasteiger partial charge is 0.339 e. The number of nitrogens with one attached hydrogen (secondary N) is 1. The first kappa shape index (κ1) is 22.7. The van der Waals surface area contributed by atoms with Crippen LogP contribution in [-0.2, 0) is 11.2 Å². The molecule has 4 heterocycles. The molecule has 0 bridgehead atoms. The summed E-state index contributed by atoms with van der Waals surface area (Å²) in [6.45, 7) is 5.44. The fourth-order valence-corrected chi connectivity index (χ4v) is 5.85. The first-order valence-corrected chi connectivity index (χ1v) is 12.2. The number of piperazine rings is 2. The highest BCUT2D eigenvalue weighted by molar-refractivity contribution is 5.85. The lowest BCUT2D eigenvalue weighted by Gasteiger charge is -2.47. The third-order valence-corrected chi connectivity index (χ3v) is 7.80. The molecule has 184 valence electrons. The summed E-state index contributed by atoms with van der Waals surface area (Å²) in [5, 5.41) is 24.1. The SMILES string of the molecule is Cc1c([C@H]2CN3CCN(C(=O)C4CCc5nc(-n6cnnn6)ccc54)C[C@H]3CN2)ccc(F)c1C#N. The van der Waals surface area contributed by atoms with Crippen molar-refractivity contribution < 1.29 is 9.18 Å². The number of halogens is 1. The standard InChI is InChI=1S/C25H26FN9O/c1-15-17(2-5-21(26)20(15)10-27)23-13-33-8-9-34(12-16(33)11-28-23)25(36)19-3-6-22-18(19)4-7-24(30-22)35-14-29-31-32-35/h2,4-5,7,14,16,19,23,28H,3,6,8-9,11-13H2,1H3/t16-,19?,23-/m1/s1. The zero-order valence-corrected chi connectivity index (χ0v) is 19.9. The number of rotatable bonds is 3. The second-order valence-electron chi connectivity index (χ2n) is 9.69. The van der Waals surface area contributed by atoms with Gasteiger partial charge in [0.15, 0.2) is 5.82 Å². The lowest BCUT2D eigenvalue weighted by Crippen LogP contribution is -2.63. The maximum absolute atomic E-state index is 14.0. The lowest BCUT2D eigenvalue weighted by atomic mass is 9.93. The van der Waals surface area contributed by atoms with Crippen molar-refractivity contribution in [1.82, 2.24) is 40.3 Å². The summed E-state index contributed by atoms with van der Waals surface area (Å²) in [7, 11) is 0. The van der Waals surface area contributed by atoms with Crippen LogP contribution in [0.15, 0.2) is 30.6 Å². The Kier molecular flexibility index (Phi) is 5.70. The second kappa shape index (κ2) is 9.04. The molecule has 2 saturated heterocycles. The molecular formula is C25H26FN9O. The first-order valence-electron chi connectivity index (χ1n) is 12.2. The molecule has 2 aliphatic heterocycles. The number of nitrogens with zero attached hydrogens (tertiary/aromatic N) is 8. The first-order chi connectivity index (χ1) is 17.5. The third kappa shape index (κ3) is 3.83. The van der Waals surface area contributed by atoms with Crippen LogP contribution < -0.4 is 5.32 Å². The van der Waals surface area contributed by atoms with Crippen molar-refractivity contribution in [3.8, 4) is 11.9 Å². The van der Waals surface area contributed by atoms with Crippen molar-refractivity contribution >= 4 is 5.91 Å². The molecule has 3 aromatic rings. The zero-order chi connectivity index (χ0) is 24.8. The van der Waals surface area contributed by atoms with E-state index in [1.54, 1.807) is 13.0 Å². The van der Waals surface area contributed by atoms with E-state index in [1.165, 1.54) is 17.1 Å². The molecule has 1 unspecified atom stereocenters. The third-order valence-electron chi connectivity index (χ3n) is 7.80. The molecule has 0 spiro atoms. The van der Waals surface area contributed by atoms with Gasteiger partial charge in [0.2, 0.25) is 5.91 Å². The van der Waals surface area contributed by atoms with Gasteiger partial charge in [0.1, 0.15) is 18.2 Å². The van der Waals surface area contributed by atoms with Gasteiger partial charge in [0.05, 0.1) is 11.5 Å². The number of pyridine rings is 1. The Labute approximate surface area is 207 Å². The zero-order valence-electron chi connectivity index (χ0n) is 19.9. The van der Waals surface area contributed by atoms with Gasteiger partial charge in [0.25, 0.3) is 0 Å². The number of amides is 1. The summed E-state index contributed by atoms with van der Waals surface area (Å²) < 4.78 is 15.5. The number of nitriles is 1. The summed E-state index contributed by atoms with van der Waals surface area (Å²) >= 11 is 0. The van der Waals surface area contributed by atoms with E-state index in [1.807, 2.05) is 23.1 Å². The van der Waals surface area contributed by atoms with Crippen LogP contribution in [0.1, 0.15) is 46.3 Å². The van der Waals surface area contributed by atoms with Gasteiger partial charge >= 0.3 is 0 Å². The van der Waals surface area contributed by atoms with Crippen molar-refractivity contribution in [2.75, 3.05) is 32.7 Å². The van der Waals surface area contributed by atoms with E-state index in [4.69, 9.17) is 0 Å². The molecule has 1 amide bonds. The molecular weight excluding hydrogens is 461 g/mol. The summed E-state index contributed by atoms with van der Waals surface area (Å²) in [6, 6.07) is 9.23. The number of carbonyl (C=O) groups excluding carboxylic acids is 1. The van der Waals surface area contributed by atoms with Crippen molar-refractivity contribution in [2.24, 2.45) is 0 Å². The number of fused-ring (bicyclic) bond motifs is 2. The smallest absolute Gasteiger partial charge is 0.230 e. The number of tetrazole rings is 1. The maximum Gasteiger partial charge on any atom is 0.230 e. The average molecular weight is 488 g/mol. The highest BCUT2D eigenvalue weighted by atomic mass is 19.1. The van der Waals surface area contributed by atoms with Gasteiger partial charge in [0, 0.05) is 50.5 Å². The normalized spacial score (nSPS) is 23.7. The van der Waals surface area contributed by atoms with Gasteiger partial charge in [-0.25, -0.2) is 9.37 Å². The highest BCUT2D eigenvalue weighted by Crippen LogP contribution is 2.35. The van der Waals surface area contributed by atoms with Crippen molar-refractivity contribution in [1.29, 1.82) is 5.26 Å². The van der Waals surface area contributed by atoms with E-state index in [0.29, 0.717) is 24.5 Å². The highest BCUT2D eigenvalue weighted by Gasteiger charge is 2.39. The Morgan fingerprint density at radius 1 is 1.19 bits per heavy atom. The minimum atomic E-state index is -0.477. The van der Waals surface area contributed by atoms with Crippen molar-refractivity contribution in [3.05, 3.63) is 64.4 Å². The van der Waals surface area contributed by atoms with Crippen LogP contribution in [0.3, 0.4) is 0 Å². The summed E-state index contributed by atoms with van der Waals surface area (Å²) in [5.41, 5.74) is 3.71. The molecule has 10 nitrogen and oxygen atoms in total. The molecule has 1 aromatic carbocycles. The predicted molar refractivity (Wildman–Crippen MR) is 127 cm³/mol. The Hall–Kier alpha value is -3.75. The van der Waals surface area contributed by atoms with Crippen LogP contribution in [0.5, 0.6) is 0 Å². The van der Waals surface area contributed by atoms with Crippen molar-refractivity contribution in [3.63, 3.8) is 0 Å². The number of carbonyl (C=O) groups is 1. The fraction of sp³-hybridized carbons (Fsp3) is 0.440. The summed E-state index contributed by atoms with van der Waals surface area (Å²) in [6.07, 6.45) is 3.03. The van der Waals surface area contributed by atoms with Crippen LogP contribution in [0.25, 0.3) is 5.82 Å². The van der Waals surface area contributed by atoms with E-state index >= 15 is 0 Å². The second-order valence-corrected chi connectivity index (χ2v) is 9.69. The van der Waals surface area contributed by atoms with E-state index in [2.05, 4.69) is 30.7 Å². The molecule has 2 fully saturated rings. The molecule has 0 radical (unpaired) electrons. The maximum atomic E-state index is 14.0. The van der Waals surface area contributed by atoms with Gasteiger partial charge in [-0.05, 0) is 59.0 Å². The number of aromatic nitrogens is 5. The number of hydrogen-bond donors (Lipinski definition) is 1. The van der Waals surface area contributed by atoms with Crippen LogP contribution >= 0.6 is 0 Å². The van der Waals surface area contributed by atoms with Gasteiger partial charge in [-0.15, -0.1) is 5.10 Å². The van der Waals surface area contributed by atoms with E-state index in [0.717, 1.165) is 49.3 Å². The quantitative estimate of drug-likeness (QED) is 0.587. The molecule has 3 atom stereocenters. The van der Waals surface area contributed by atoms with Gasteiger partial charge in [-0.1, -0.05) is 12.1 Å². The summed E-state index contributed by atoms with van der Waals surface area (Å²) in [5.74, 6) is 0.175. The minimum absolute atomic E-state index is 0.0263. The number of hydrogen-bond acceptors (Lipinski definition) is 8. The Morgan fingerprint density at radius 2 is 2.06 bits per heavy atom. The number of benzene rings is 1. The summed E-state index contributed by atoms with van der Waals surface area (Å²) in [4.78, 5) is 22.6. The molecule has 1 aliphatic carbocycles. The molecule has 3 aliphatic rings. The van der Waals surface area contributed by atoms with Crippen LogP contribution in [-0.4, -0.2) is 79.7 Å².